The molecule has 7 nitrogen and oxygen atoms in total. The maximum absolute atomic E-state index is 12.4. The third-order valence-electron chi connectivity index (χ3n) is 4.34. The van der Waals surface area contributed by atoms with E-state index in [4.69, 9.17) is 27.6 Å². The molecule has 1 atom stereocenters. The van der Waals surface area contributed by atoms with Gasteiger partial charge >= 0.3 is 0 Å². The zero-order valence-corrected chi connectivity index (χ0v) is 17.9. The van der Waals surface area contributed by atoms with Crippen LogP contribution in [0.2, 0.25) is 10.0 Å². The van der Waals surface area contributed by atoms with Gasteiger partial charge in [0.2, 0.25) is 5.91 Å². The number of aromatic nitrogens is 3. The lowest BCUT2D eigenvalue weighted by molar-refractivity contribution is -0.118. The fraction of sp³-hybridized carbons (Fsp3) is 0.389. The van der Waals surface area contributed by atoms with Gasteiger partial charge in [-0.25, -0.2) is 0 Å². The molecule has 1 N–H and O–H groups in total. The number of carbonyl (C=O) groups excluding carboxylic acids is 1. The Hall–Kier alpha value is -1.74. The number of fused-ring (bicyclic) bond motifs is 1. The Morgan fingerprint density at radius 1 is 1.36 bits per heavy atom. The predicted molar refractivity (Wildman–Crippen MR) is 111 cm³/mol. The lowest BCUT2D eigenvalue weighted by Crippen LogP contribution is -2.38. The number of rotatable bonds is 9. The van der Waals surface area contributed by atoms with Crippen molar-refractivity contribution in [3.8, 4) is 0 Å². The number of carbonyl (C=O) groups is 1. The normalized spacial score (nSPS) is 12.6. The van der Waals surface area contributed by atoms with Crippen LogP contribution in [0.3, 0.4) is 0 Å². The molecular formula is C18H21Cl2N5O2S. The Balaban J connectivity index is 1.61. The van der Waals surface area contributed by atoms with Crippen molar-refractivity contribution in [1.29, 1.82) is 0 Å². The van der Waals surface area contributed by atoms with Crippen LogP contribution in [0, 0.1) is 0 Å². The molecule has 3 aromatic rings. The molecule has 3 rings (SSSR count). The van der Waals surface area contributed by atoms with E-state index in [1.54, 1.807) is 22.9 Å². The standard InChI is InChI=1S/C18H21Cl2N5O2S/c1-3-24(4-2)14(15-6-5-7-27-15)9-21-16(26)11-28-18-23-22-17-13(20)8-12(19)10-25(17)18/h5-8,10,14H,3-4,9,11H2,1-2H3,(H,21,26). The third kappa shape index (κ3) is 4.81. The number of hydrogen-bond donors (Lipinski definition) is 1. The SMILES string of the molecule is CCN(CC)C(CNC(=O)CSc1nnc2c(Cl)cc(Cl)cn12)c1ccco1. The maximum Gasteiger partial charge on any atom is 0.230 e. The quantitative estimate of drug-likeness (QED) is 0.507. The number of likely N-dealkylation sites (N-methyl/N-ethyl adjacent to an activating group) is 1. The first kappa shape index (κ1) is 21.0. The van der Waals surface area contributed by atoms with Crippen molar-refractivity contribution in [1.82, 2.24) is 24.8 Å². The summed E-state index contributed by atoms with van der Waals surface area (Å²) < 4.78 is 7.24. The Kier molecular flexibility index (Phi) is 7.23. The van der Waals surface area contributed by atoms with E-state index in [2.05, 4.69) is 34.3 Å². The van der Waals surface area contributed by atoms with Crippen molar-refractivity contribution in [2.75, 3.05) is 25.4 Å². The molecule has 0 aliphatic carbocycles. The lowest BCUT2D eigenvalue weighted by Gasteiger charge is -2.28. The summed E-state index contributed by atoms with van der Waals surface area (Å²) in [6, 6.07) is 5.39. The van der Waals surface area contributed by atoms with Crippen molar-refractivity contribution in [3.63, 3.8) is 0 Å². The van der Waals surface area contributed by atoms with Crippen molar-refractivity contribution >= 4 is 46.5 Å². The van der Waals surface area contributed by atoms with Gasteiger partial charge in [-0.3, -0.25) is 14.1 Å². The van der Waals surface area contributed by atoms with E-state index in [0.29, 0.717) is 27.4 Å². The number of nitrogens with one attached hydrogen (secondary N) is 1. The highest BCUT2D eigenvalue weighted by Crippen LogP contribution is 2.25. The minimum Gasteiger partial charge on any atom is -0.468 e. The first-order valence-corrected chi connectivity index (χ1v) is 10.6. The Morgan fingerprint density at radius 2 is 2.14 bits per heavy atom. The molecule has 0 radical (unpaired) electrons. The summed E-state index contributed by atoms with van der Waals surface area (Å²) in [7, 11) is 0. The highest BCUT2D eigenvalue weighted by Gasteiger charge is 2.21. The Morgan fingerprint density at radius 3 is 2.82 bits per heavy atom. The molecule has 0 saturated carbocycles. The van der Waals surface area contributed by atoms with Gasteiger partial charge in [0.05, 0.1) is 28.1 Å². The van der Waals surface area contributed by atoms with Crippen LogP contribution in [0.1, 0.15) is 25.6 Å². The molecule has 0 bridgehead atoms. The van der Waals surface area contributed by atoms with Crippen molar-refractivity contribution in [2.24, 2.45) is 0 Å². The second kappa shape index (κ2) is 9.65. The van der Waals surface area contributed by atoms with Gasteiger partial charge < -0.3 is 9.73 Å². The zero-order valence-electron chi connectivity index (χ0n) is 15.6. The summed E-state index contributed by atoms with van der Waals surface area (Å²) in [5.41, 5.74) is 0.508. The molecule has 1 unspecified atom stereocenters. The van der Waals surface area contributed by atoms with Gasteiger partial charge in [0, 0.05) is 12.7 Å². The fourth-order valence-electron chi connectivity index (χ4n) is 2.95. The van der Waals surface area contributed by atoms with Crippen molar-refractivity contribution < 1.29 is 9.21 Å². The molecule has 0 aromatic carbocycles. The fourth-order valence-corrected chi connectivity index (χ4v) is 4.20. The Labute approximate surface area is 177 Å². The van der Waals surface area contributed by atoms with E-state index in [-0.39, 0.29) is 17.7 Å². The molecule has 0 aliphatic rings. The highest BCUT2D eigenvalue weighted by molar-refractivity contribution is 7.99. The minimum atomic E-state index is -0.0985. The summed E-state index contributed by atoms with van der Waals surface area (Å²) in [6.07, 6.45) is 3.33. The summed E-state index contributed by atoms with van der Waals surface area (Å²) in [6.45, 7) is 6.36. The average molecular weight is 442 g/mol. The smallest absolute Gasteiger partial charge is 0.230 e. The molecule has 1 amide bonds. The van der Waals surface area contributed by atoms with Crippen LogP contribution >= 0.6 is 35.0 Å². The minimum absolute atomic E-state index is 0.00881. The van der Waals surface area contributed by atoms with E-state index in [9.17, 15) is 4.79 Å². The van der Waals surface area contributed by atoms with Crippen LogP contribution in [0.5, 0.6) is 0 Å². The molecule has 3 aromatic heterocycles. The van der Waals surface area contributed by atoms with E-state index in [1.165, 1.54) is 11.8 Å². The number of thioether (sulfide) groups is 1. The van der Waals surface area contributed by atoms with E-state index in [1.807, 2.05) is 12.1 Å². The molecule has 0 fully saturated rings. The topological polar surface area (TPSA) is 75.7 Å². The second-order valence-corrected chi connectivity index (χ2v) is 7.81. The van der Waals surface area contributed by atoms with Crippen molar-refractivity contribution in [3.05, 3.63) is 46.5 Å². The monoisotopic (exact) mass is 441 g/mol. The van der Waals surface area contributed by atoms with Gasteiger partial charge in [-0.15, -0.1) is 10.2 Å². The van der Waals surface area contributed by atoms with E-state index >= 15 is 0 Å². The van der Waals surface area contributed by atoms with Crippen LogP contribution < -0.4 is 5.32 Å². The zero-order chi connectivity index (χ0) is 20.1. The molecule has 0 spiro atoms. The first-order valence-electron chi connectivity index (χ1n) is 8.90. The number of pyridine rings is 1. The Bertz CT molecular complexity index is 928. The lowest BCUT2D eigenvalue weighted by atomic mass is 10.2. The van der Waals surface area contributed by atoms with Gasteiger partial charge in [-0.1, -0.05) is 48.8 Å². The number of nitrogens with zero attached hydrogens (tertiary/aromatic N) is 4. The van der Waals surface area contributed by atoms with Crippen LogP contribution in [-0.4, -0.2) is 50.8 Å². The van der Waals surface area contributed by atoms with E-state index < -0.39 is 0 Å². The summed E-state index contributed by atoms with van der Waals surface area (Å²) >= 11 is 13.4. The summed E-state index contributed by atoms with van der Waals surface area (Å²) in [4.78, 5) is 14.6. The number of halogens is 2. The van der Waals surface area contributed by atoms with Crippen LogP contribution in [0.25, 0.3) is 5.65 Å². The van der Waals surface area contributed by atoms with E-state index in [0.717, 1.165) is 18.8 Å². The third-order valence-corrected chi connectivity index (χ3v) is 5.77. The molecule has 0 saturated heterocycles. The second-order valence-electron chi connectivity index (χ2n) is 6.03. The molecule has 10 heteroatoms. The number of hydrogen-bond acceptors (Lipinski definition) is 6. The summed E-state index contributed by atoms with van der Waals surface area (Å²) in [5.74, 6) is 0.941. The van der Waals surface area contributed by atoms with Crippen molar-refractivity contribution in [2.45, 2.75) is 25.0 Å². The van der Waals surface area contributed by atoms with Gasteiger partial charge in [0.1, 0.15) is 5.76 Å². The van der Waals surface area contributed by atoms with Gasteiger partial charge in [-0.2, -0.15) is 0 Å². The molecule has 28 heavy (non-hydrogen) atoms. The molecule has 0 aliphatic heterocycles. The van der Waals surface area contributed by atoms with Crippen LogP contribution in [0.15, 0.2) is 40.2 Å². The van der Waals surface area contributed by atoms with Crippen LogP contribution in [-0.2, 0) is 4.79 Å². The summed E-state index contributed by atoms with van der Waals surface area (Å²) in [5, 5.41) is 12.6. The number of furan rings is 1. The maximum atomic E-state index is 12.4. The van der Waals surface area contributed by atoms with Gasteiger partial charge in [0.25, 0.3) is 0 Å². The largest absolute Gasteiger partial charge is 0.468 e. The highest BCUT2D eigenvalue weighted by atomic mass is 35.5. The number of amides is 1. The average Bonchev–Trinajstić information content (AvgIpc) is 3.33. The first-order chi connectivity index (χ1) is 13.5. The van der Waals surface area contributed by atoms with Gasteiger partial charge in [-0.05, 0) is 31.3 Å². The molecule has 3 heterocycles. The molecular weight excluding hydrogens is 421 g/mol. The predicted octanol–water partition coefficient (Wildman–Crippen LogP) is 3.92. The molecule has 150 valence electrons. The van der Waals surface area contributed by atoms with Crippen LogP contribution in [0.4, 0.5) is 0 Å². The van der Waals surface area contributed by atoms with Gasteiger partial charge in [0.15, 0.2) is 10.8 Å².